The summed E-state index contributed by atoms with van der Waals surface area (Å²) in [5.74, 6) is -0.161. The van der Waals surface area contributed by atoms with Crippen LogP contribution in [0.15, 0.2) is 59.3 Å². The van der Waals surface area contributed by atoms with Crippen molar-refractivity contribution in [2.24, 2.45) is 0 Å². The quantitative estimate of drug-likeness (QED) is 0.592. The van der Waals surface area contributed by atoms with E-state index in [2.05, 4.69) is 15.7 Å². The number of alkyl carbamates (subject to hydrolysis) is 1. The van der Waals surface area contributed by atoms with E-state index in [1.807, 2.05) is 18.2 Å². The van der Waals surface area contributed by atoms with Gasteiger partial charge in [-0.2, -0.15) is 0 Å². The number of carbonyl (C=O) groups excluding carboxylic acids is 2. The van der Waals surface area contributed by atoms with Crippen LogP contribution in [0.2, 0.25) is 0 Å². The number of hydrogen-bond acceptors (Lipinski definition) is 5. The van der Waals surface area contributed by atoms with Crippen LogP contribution in [0.4, 0.5) is 14.9 Å². The van der Waals surface area contributed by atoms with Crippen molar-refractivity contribution >= 4 is 23.3 Å². The molecule has 0 atom stereocenters. The Bertz CT molecular complexity index is 1250. The van der Waals surface area contributed by atoms with Crippen molar-refractivity contribution in [1.29, 1.82) is 0 Å². The zero-order valence-corrected chi connectivity index (χ0v) is 18.9. The first-order valence-electron chi connectivity index (χ1n) is 10.3. The van der Waals surface area contributed by atoms with Gasteiger partial charge in [-0.1, -0.05) is 12.1 Å². The number of ether oxygens (including phenoxy) is 1. The molecule has 1 aromatic carbocycles. The summed E-state index contributed by atoms with van der Waals surface area (Å²) in [6.45, 7) is 6.34. The molecule has 0 fully saturated rings. The highest BCUT2D eigenvalue weighted by molar-refractivity contribution is 5.89. The summed E-state index contributed by atoms with van der Waals surface area (Å²) in [6.07, 6.45) is 1.31. The third-order valence-corrected chi connectivity index (χ3v) is 4.48. The molecule has 2 aromatic heterocycles. The van der Waals surface area contributed by atoms with E-state index in [-0.39, 0.29) is 24.6 Å². The molecule has 10 heteroatoms. The van der Waals surface area contributed by atoms with Crippen molar-refractivity contribution in [2.75, 3.05) is 11.9 Å². The van der Waals surface area contributed by atoms with E-state index in [0.717, 1.165) is 15.8 Å². The van der Waals surface area contributed by atoms with E-state index in [4.69, 9.17) is 4.74 Å². The maximum absolute atomic E-state index is 13.4. The number of halogens is 1. The molecule has 2 heterocycles. The Kier molecular flexibility index (Phi) is 6.95. The predicted molar refractivity (Wildman–Crippen MR) is 123 cm³/mol. The zero-order chi connectivity index (χ0) is 24.2. The minimum absolute atomic E-state index is 0.127. The fourth-order valence-corrected chi connectivity index (χ4v) is 3.06. The van der Waals surface area contributed by atoms with E-state index >= 15 is 0 Å². The van der Waals surface area contributed by atoms with Gasteiger partial charge in [-0.3, -0.25) is 4.79 Å². The highest BCUT2D eigenvalue weighted by atomic mass is 19.1. The van der Waals surface area contributed by atoms with Crippen molar-refractivity contribution < 1.29 is 18.7 Å². The molecule has 2 N–H and O–H groups in total. The van der Waals surface area contributed by atoms with E-state index < -0.39 is 17.4 Å². The largest absolute Gasteiger partial charge is 0.444 e. The standard InChI is InChI=1S/C23H26FN5O4/c1-15(30)26-19-8-5-17(6-9-19)18-7-10-20-27-29(22(32)28(20)14-18)13-16(11-24)12-25-21(31)33-23(2,3)4/h5-11,14H,12-13H2,1-4H3,(H,25,31)(H,26,30)/b16-11+. The number of amides is 2. The number of hydrogen-bond donors (Lipinski definition) is 2. The average molecular weight is 455 g/mol. The van der Waals surface area contributed by atoms with Crippen LogP contribution in [0.25, 0.3) is 16.8 Å². The molecule has 0 aliphatic carbocycles. The van der Waals surface area contributed by atoms with Crippen LogP contribution in [0.5, 0.6) is 0 Å². The fourth-order valence-electron chi connectivity index (χ4n) is 3.06. The van der Waals surface area contributed by atoms with Crippen molar-refractivity contribution in [3.05, 3.63) is 65.0 Å². The van der Waals surface area contributed by atoms with Crippen molar-refractivity contribution in [3.8, 4) is 11.1 Å². The molecule has 0 aliphatic heterocycles. The normalized spacial score (nSPS) is 12.0. The molecule has 174 valence electrons. The van der Waals surface area contributed by atoms with Gasteiger partial charge in [0.15, 0.2) is 5.65 Å². The van der Waals surface area contributed by atoms with Gasteiger partial charge < -0.3 is 15.4 Å². The lowest BCUT2D eigenvalue weighted by atomic mass is 10.1. The number of carbonyl (C=O) groups is 2. The average Bonchev–Trinajstić information content (AvgIpc) is 3.04. The monoisotopic (exact) mass is 455 g/mol. The second kappa shape index (κ2) is 9.68. The number of fused-ring (bicyclic) bond motifs is 1. The van der Waals surface area contributed by atoms with Crippen LogP contribution in [-0.2, 0) is 16.1 Å². The van der Waals surface area contributed by atoms with Crippen LogP contribution in [0.1, 0.15) is 27.7 Å². The molecule has 9 nitrogen and oxygen atoms in total. The highest BCUT2D eigenvalue weighted by Gasteiger charge is 2.17. The number of anilines is 1. The van der Waals surface area contributed by atoms with Gasteiger partial charge in [-0.05, 0) is 61.7 Å². The highest BCUT2D eigenvalue weighted by Crippen LogP contribution is 2.21. The summed E-state index contributed by atoms with van der Waals surface area (Å²) in [4.78, 5) is 35.8. The molecule has 33 heavy (non-hydrogen) atoms. The lowest BCUT2D eigenvalue weighted by Gasteiger charge is -2.19. The van der Waals surface area contributed by atoms with Gasteiger partial charge in [0.2, 0.25) is 5.91 Å². The molecule has 0 saturated carbocycles. The van der Waals surface area contributed by atoms with Gasteiger partial charge in [-0.15, -0.1) is 5.10 Å². The maximum Gasteiger partial charge on any atom is 0.407 e. The number of nitrogens with one attached hydrogen (secondary N) is 2. The number of pyridine rings is 1. The van der Waals surface area contributed by atoms with E-state index in [9.17, 15) is 18.8 Å². The summed E-state index contributed by atoms with van der Waals surface area (Å²) in [6, 6.07) is 10.7. The van der Waals surface area contributed by atoms with Gasteiger partial charge in [0.25, 0.3) is 0 Å². The van der Waals surface area contributed by atoms with E-state index in [0.29, 0.717) is 17.7 Å². The zero-order valence-electron chi connectivity index (χ0n) is 18.9. The van der Waals surface area contributed by atoms with E-state index in [1.54, 1.807) is 45.2 Å². The Balaban J connectivity index is 1.76. The second-order valence-corrected chi connectivity index (χ2v) is 8.47. The van der Waals surface area contributed by atoms with Gasteiger partial charge in [0, 0.05) is 25.4 Å². The first-order valence-corrected chi connectivity index (χ1v) is 10.3. The van der Waals surface area contributed by atoms with Gasteiger partial charge >= 0.3 is 11.8 Å². The number of benzene rings is 1. The Morgan fingerprint density at radius 3 is 2.39 bits per heavy atom. The van der Waals surface area contributed by atoms with E-state index in [1.165, 1.54) is 11.3 Å². The lowest BCUT2D eigenvalue weighted by Crippen LogP contribution is -2.34. The topological polar surface area (TPSA) is 107 Å². The Morgan fingerprint density at radius 2 is 1.79 bits per heavy atom. The molecule has 3 rings (SSSR count). The molecular formula is C23H26FN5O4. The molecule has 0 bridgehead atoms. The minimum Gasteiger partial charge on any atom is -0.444 e. The van der Waals surface area contributed by atoms with Crippen LogP contribution in [0.3, 0.4) is 0 Å². The minimum atomic E-state index is -0.682. The molecular weight excluding hydrogens is 429 g/mol. The predicted octanol–water partition coefficient (Wildman–Crippen LogP) is 3.50. The summed E-state index contributed by atoms with van der Waals surface area (Å²) >= 11 is 0. The van der Waals surface area contributed by atoms with Crippen molar-refractivity contribution in [2.45, 2.75) is 39.8 Å². The Hall–Kier alpha value is -3.95. The van der Waals surface area contributed by atoms with Crippen molar-refractivity contribution in [1.82, 2.24) is 19.5 Å². The number of aromatic nitrogens is 3. The first kappa shape index (κ1) is 23.7. The van der Waals surface area contributed by atoms with Gasteiger partial charge in [0.1, 0.15) is 5.60 Å². The molecule has 3 aromatic rings. The molecule has 0 saturated heterocycles. The smallest absolute Gasteiger partial charge is 0.407 e. The third-order valence-electron chi connectivity index (χ3n) is 4.48. The summed E-state index contributed by atoms with van der Waals surface area (Å²) in [5, 5.41) is 9.40. The van der Waals surface area contributed by atoms with Gasteiger partial charge in [-0.25, -0.2) is 23.1 Å². The summed E-state index contributed by atoms with van der Waals surface area (Å²) in [7, 11) is 0. The first-order chi connectivity index (χ1) is 15.6. The van der Waals surface area contributed by atoms with Crippen LogP contribution < -0.4 is 16.3 Å². The lowest BCUT2D eigenvalue weighted by molar-refractivity contribution is -0.114. The maximum atomic E-state index is 13.4. The fraction of sp³-hybridized carbons (Fsp3) is 0.304. The summed E-state index contributed by atoms with van der Waals surface area (Å²) in [5.41, 5.74) is 1.71. The summed E-state index contributed by atoms with van der Waals surface area (Å²) < 4.78 is 21.0. The van der Waals surface area contributed by atoms with Gasteiger partial charge in [0.05, 0.1) is 12.9 Å². The number of rotatable bonds is 6. The Labute approximate surface area is 189 Å². The molecule has 0 radical (unpaired) electrons. The molecule has 2 amide bonds. The van der Waals surface area contributed by atoms with Crippen molar-refractivity contribution in [3.63, 3.8) is 0 Å². The molecule has 0 unspecified atom stereocenters. The Morgan fingerprint density at radius 1 is 1.12 bits per heavy atom. The molecule has 0 spiro atoms. The van der Waals surface area contributed by atoms with Crippen LogP contribution in [0, 0.1) is 0 Å². The second-order valence-electron chi connectivity index (χ2n) is 8.47. The number of nitrogens with zero attached hydrogens (tertiary/aromatic N) is 3. The van der Waals surface area contributed by atoms with Crippen LogP contribution in [-0.4, -0.2) is 38.3 Å². The van der Waals surface area contributed by atoms with Crippen LogP contribution >= 0.6 is 0 Å². The third kappa shape index (κ3) is 6.28. The SMILES string of the molecule is CC(=O)Nc1ccc(-c2ccc3nn(C/C(=C/F)CNC(=O)OC(C)(C)C)c(=O)n3c2)cc1. The molecule has 0 aliphatic rings.